The van der Waals surface area contributed by atoms with Crippen molar-refractivity contribution in [1.29, 1.82) is 0 Å². The summed E-state index contributed by atoms with van der Waals surface area (Å²) in [6.07, 6.45) is 1.19. The lowest BCUT2D eigenvalue weighted by molar-refractivity contribution is -0.143. The molecule has 2 rings (SSSR count). The molecule has 2 N–H and O–H groups in total. The third-order valence-corrected chi connectivity index (χ3v) is 4.08. The van der Waals surface area contributed by atoms with Crippen LogP contribution in [0.1, 0.15) is 17.3 Å². The number of carbonyl (C=O) groups excluding carboxylic acids is 2. The second-order valence-corrected chi connectivity index (χ2v) is 6.45. The number of hydrazone groups is 1. The highest BCUT2D eigenvalue weighted by Crippen LogP contribution is 2.33. The molecule has 0 heterocycles. The Morgan fingerprint density at radius 3 is 2.37 bits per heavy atom. The van der Waals surface area contributed by atoms with Crippen LogP contribution in [0.2, 0.25) is 15.1 Å². The van der Waals surface area contributed by atoms with Crippen LogP contribution < -0.4 is 10.7 Å². The number of anilines is 1. The summed E-state index contributed by atoms with van der Waals surface area (Å²) in [5.41, 5.74) is 3.35. The summed E-state index contributed by atoms with van der Waals surface area (Å²) >= 11 is 18.0. The topological polar surface area (TPSA) is 79.8 Å². The molecule has 142 valence electrons. The highest BCUT2D eigenvalue weighted by Gasteiger charge is 2.21. The van der Waals surface area contributed by atoms with Crippen LogP contribution in [0.25, 0.3) is 0 Å². The Bertz CT molecular complexity index is 821. The first-order valence-corrected chi connectivity index (χ1v) is 9.02. The number of hydrogen-bond donors (Lipinski definition) is 2. The number of benzene rings is 2. The fourth-order valence-electron chi connectivity index (χ4n) is 2.03. The number of amides is 1. The van der Waals surface area contributed by atoms with Crippen molar-refractivity contribution in [3.63, 3.8) is 0 Å². The highest BCUT2D eigenvalue weighted by molar-refractivity contribution is 6.41. The number of ether oxygens (including phenoxy) is 1. The smallest absolute Gasteiger partial charge is 0.334 e. The molecular formula is C18H16Cl3N3O3. The Morgan fingerprint density at radius 2 is 1.78 bits per heavy atom. The standard InChI is InChI=1S/C18H16Cl3N3O3/c1-2-27-18(26)15(23-17(25)11-6-4-3-5-7-11)10-22-24-16-13(20)8-12(19)9-14(16)21/h3-10,15,24H,2H2,1H3,(H,23,25)/b22-10+. The molecule has 1 atom stereocenters. The van der Waals surface area contributed by atoms with Gasteiger partial charge in [-0.25, -0.2) is 4.79 Å². The van der Waals surface area contributed by atoms with Gasteiger partial charge in [-0.3, -0.25) is 10.2 Å². The van der Waals surface area contributed by atoms with Gasteiger partial charge in [-0.05, 0) is 31.2 Å². The second-order valence-electron chi connectivity index (χ2n) is 5.20. The van der Waals surface area contributed by atoms with Gasteiger partial charge in [0, 0.05) is 10.6 Å². The van der Waals surface area contributed by atoms with Gasteiger partial charge in [-0.15, -0.1) is 0 Å². The van der Waals surface area contributed by atoms with Gasteiger partial charge in [0.15, 0.2) is 6.04 Å². The van der Waals surface area contributed by atoms with Gasteiger partial charge in [-0.2, -0.15) is 5.10 Å². The van der Waals surface area contributed by atoms with E-state index in [0.717, 1.165) is 0 Å². The summed E-state index contributed by atoms with van der Waals surface area (Å²) in [6, 6.07) is 10.4. The van der Waals surface area contributed by atoms with Crippen molar-refractivity contribution in [3.05, 3.63) is 63.1 Å². The van der Waals surface area contributed by atoms with Crippen molar-refractivity contribution in [2.24, 2.45) is 5.10 Å². The predicted molar refractivity (Wildman–Crippen MR) is 108 cm³/mol. The van der Waals surface area contributed by atoms with Crippen LogP contribution in [-0.2, 0) is 9.53 Å². The van der Waals surface area contributed by atoms with E-state index >= 15 is 0 Å². The van der Waals surface area contributed by atoms with Gasteiger partial charge >= 0.3 is 5.97 Å². The molecule has 6 nitrogen and oxygen atoms in total. The maximum atomic E-state index is 12.3. The van der Waals surface area contributed by atoms with E-state index in [-0.39, 0.29) is 16.7 Å². The Morgan fingerprint density at radius 1 is 1.15 bits per heavy atom. The van der Waals surface area contributed by atoms with E-state index < -0.39 is 17.9 Å². The third-order valence-electron chi connectivity index (χ3n) is 3.27. The van der Waals surface area contributed by atoms with Crippen LogP contribution in [0.3, 0.4) is 0 Å². The summed E-state index contributed by atoms with van der Waals surface area (Å²) in [7, 11) is 0. The molecule has 0 saturated carbocycles. The Kier molecular flexibility index (Phi) is 7.91. The Hall–Kier alpha value is -2.28. The molecule has 0 aromatic heterocycles. The summed E-state index contributed by atoms with van der Waals surface area (Å²) in [4.78, 5) is 24.4. The minimum atomic E-state index is -1.10. The molecule has 2 aromatic rings. The van der Waals surface area contributed by atoms with Crippen LogP contribution in [0.5, 0.6) is 0 Å². The predicted octanol–water partition coefficient (Wildman–Crippen LogP) is 4.41. The average molecular weight is 429 g/mol. The fourth-order valence-corrected chi connectivity index (χ4v) is 2.93. The molecule has 9 heteroatoms. The number of nitrogens with zero attached hydrogens (tertiary/aromatic N) is 1. The molecule has 1 amide bonds. The van der Waals surface area contributed by atoms with E-state index in [1.165, 1.54) is 18.3 Å². The molecule has 2 aromatic carbocycles. The maximum Gasteiger partial charge on any atom is 0.334 e. The molecule has 0 aliphatic carbocycles. The van der Waals surface area contributed by atoms with E-state index in [9.17, 15) is 9.59 Å². The first kappa shape index (κ1) is 21.0. The van der Waals surface area contributed by atoms with Crippen LogP contribution in [0, 0.1) is 0 Å². The van der Waals surface area contributed by atoms with Gasteiger partial charge in [0.2, 0.25) is 0 Å². The zero-order chi connectivity index (χ0) is 19.8. The molecule has 0 aliphatic heterocycles. The first-order chi connectivity index (χ1) is 12.9. The maximum absolute atomic E-state index is 12.3. The fraction of sp³-hybridized carbons (Fsp3) is 0.167. The number of nitrogens with one attached hydrogen (secondary N) is 2. The van der Waals surface area contributed by atoms with Crippen molar-refractivity contribution in [3.8, 4) is 0 Å². The van der Waals surface area contributed by atoms with Crippen LogP contribution in [-0.4, -0.2) is 30.7 Å². The largest absolute Gasteiger partial charge is 0.464 e. The van der Waals surface area contributed by atoms with Crippen molar-refractivity contribution in [2.75, 3.05) is 12.0 Å². The Balaban J connectivity index is 2.14. The van der Waals surface area contributed by atoms with Crippen molar-refractivity contribution in [1.82, 2.24) is 5.32 Å². The van der Waals surface area contributed by atoms with Gasteiger partial charge in [0.25, 0.3) is 5.91 Å². The highest BCUT2D eigenvalue weighted by atomic mass is 35.5. The number of esters is 1. The molecule has 0 spiro atoms. The molecule has 0 radical (unpaired) electrons. The van der Waals surface area contributed by atoms with Gasteiger partial charge in [0.05, 0.1) is 28.6 Å². The molecule has 27 heavy (non-hydrogen) atoms. The SMILES string of the molecule is CCOC(=O)C(/C=N/Nc1c(Cl)cc(Cl)cc1Cl)NC(=O)c1ccccc1. The quantitative estimate of drug-likeness (QED) is 0.389. The summed E-state index contributed by atoms with van der Waals surface area (Å²) in [6.45, 7) is 1.82. The number of rotatable bonds is 7. The zero-order valence-corrected chi connectivity index (χ0v) is 16.5. The molecule has 0 fully saturated rings. The van der Waals surface area contributed by atoms with E-state index in [1.54, 1.807) is 37.3 Å². The average Bonchev–Trinajstić information content (AvgIpc) is 2.63. The van der Waals surface area contributed by atoms with E-state index in [0.29, 0.717) is 16.3 Å². The number of carbonyl (C=O) groups is 2. The van der Waals surface area contributed by atoms with E-state index in [4.69, 9.17) is 39.5 Å². The van der Waals surface area contributed by atoms with Crippen LogP contribution >= 0.6 is 34.8 Å². The third kappa shape index (κ3) is 6.13. The lowest BCUT2D eigenvalue weighted by atomic mass is 10.2. The summed E-state index contributed by atoms with van der Waals surface area (Å²) in [5.74, 6) is -1.09. The van der Waals surface area contributed by atoms with Crippen LogP contribution in [0.4, 0.5) is 5.69 Å². The summed E-state index contributed by atoms with van der Waals surface area (Å²) in [5, 5.41) is 7.38. The normalized spacial score (nSPS) is 11.9. The van der Waals surface area contributed by atoms with Crippen molar-refractivity contribution in [2.45, 2.75) is 13.0 Å². The molecule has 0 saturated heterocycles. The molecule has 0 aliphatic rings. The monoisotopic (exact) mass is 427 g/mol. The van der Waals surface area contributed by atoms with Gasteiger partial charge in [-0.1, -0.05) is 53.0 Å². The molecule has 0 bridgehead atoms. The molecular weight excluding hydrogens is 413 g/mol. The second kappa shape index (κ2) is 10.2. The molecule has 1 unspecified atom stereocenters. The van der Waals surface area contributed by atoms with Crippen molar-refractivity contribution < 1.29 is 14.3 Å². The Labute approximate surface area is 171 Å². The van der Waals surface area contributed by atoms with Crippen LogP contribution in [0.15, 0.2) is 47.6 Å². The van der Waals surface area contributed by atoms with Gasteiger partial charge in [0.1, 0.15) is 0 Å². The minimum absolute atomic E-state index is 0.159. The van der Waals surface area contributed by atoms with Gasteiger partial charge < -0.3 is 10.1 Å². The lowest BCUT2D eigenvalue weighted by Gasteiger charge is -2.14. The first-order valence-electron chi connectivity index (χ1n) is 7.88. The van der Waals surface area contributed by atoms with E-state index in [1.807, 2.05) is 0 Å². The number of halogens is 3. The minimum Gasteiger partial charge on any atom is -0.464 e. The lowest BCUT2D eigenvalue weighted by Crippen LogP contribution is -2.43. The number of hydrogen-bond acceptors (Lipinski definition) is 5. The van der Waals surface area contributed by atoms with Crippen molar-refractivity contribution >= 4 is 58.6 Å². The summed E-state index contributed by atoms with van der Waals surface area (Å²) < 4.78 is 4.96. The zero-order valence-electron chi connectivity index (χ0n) is 14.2. The van der Waals surface area contributed by atoms with E-state index in [2.05, 4.69) is 15.8 Å².